The van der Waals surface area contributed by atoms with Crippen molar-refractivity contribution in [1.82, 2.24) is 4.98 Å². The maximum Gasteiger partial charge on any atom is 0.216 e. The van der Waals surface area contributed by atoms with Gasteiger partial charge in [0.2, 0.25) is 5.88 Å². The summed E-state index contributed by atoms with van der Waals surface area (Å²) < 4.78 is 5.62. The van der Waals surface area contributed by atoms with Gasteiger partial charge in [-0.15, -0.1) is 6.58 Å². The van der Waals surface area contributed by atoms with Crippen molar-refractivity contribution in [2.75, 3.05) is 6.61 Å². The number of aromatic nitrogens is 1. The maximum absolute atomic E-state index is 5.62. The summed E-state index contributed by atoms with van der Waals surface area (Å²) >= 11 is 0. The fraction of sp³-hybridized carbons (Fsp3) is 0.462. The second-order valence-corrected chi connectivity index (χ2v) is 3.81. The summed E-state index contributed by atoms with van der Waals surface area (Å²) in [4.78, 5) is 4.23. The average molecular weight is 205 g/mol. The van der Waals surface area contributed by atoms with E-state index in [1.807, 2.05) is 19.2 Å². The highest BCUT2D eigenvalue weighted by atomic mass is 16.5. The highest BCUT2D eigenvalue weighted by molar-refractivity contribution is 5.32. The fourth-order valence-corrected chi connectivity index (χ4v) is 1.40. The van der Waals surface area contributed by atoms with Crippen LogP contribution in [0.15, 0.2) is 24.4 Å². The van der Waals surface area contributed by atoms with Crippen LogP contribution in [0.4, 0.5) is 0 Å². The fourth-order valence-electron chi connectivity index (χ4n) is 1.40. The quantitative estimate of drug-likeness (QED) is 0.688. The number of hydrogen-bond acceptors (Lipinski definition) is 2. The molecule has 0 fully saturated rings. The van der Waals surface area contributed by atoms with Gasteiger partial charge in [0.25, 0.3) is 0 Å². The number of pyridine rings is 1. The third-order valence-corrected chi connectivity index (χ3v) is 2.42. The molecule has 0 aliphatic carbocycles. The van der Waals surface area contributed by atoms with Gasteiger partial charge in [0.15, 0.2) is 0 Å². The molecule has 2 nitrogen and oxygen atoms in total. The van der Waals surface area contributed by atoms with Crippen molar-refractivity contribution in [1.29, 1.82) is 0 Å². The van der Waals surface area contributed by atoms with Crippen molar-refractivity contribution in [3.8, 4) is 5.88 Å². The Hall–Kier alpha value is -1.31. The first-order valence-corrected chi connectivity index (χ1v) is 5.36. The number of ether oxygens (including phenoxy) is 1. The summed E-state index contributed by atoms with van der Waals surface area (Å²) in [5.41, 5.74) is 3.59. The van der Waals surface area contributed by atoms with Crippen LogP contribution in [0.5, 0.6) is 5.88 Å². The Bertz CT molecular complexity index is 344. The molecule has 0 unspecified atom stereocenters. The van der Waals surface area contributed by atoms with E-state index in [0.29, 0.717) is 6.61 Å². The van der Waals surface area contributed by atoms with Crippen LogP contribution in [-0.2, 0) is 6.42 Å². The molecule has 0 spiro atoms. The molecule has 0 aliphatic heterocycles. The number of nitrogens with zero attached hydrogens (tertiary/aromatic N) is 1. The summed E-state index contributed by atoms with van der Waals surface area (Å²) in [7, 11) is 0. The van der Waals surface area contributed by atoms with E-state index in [2.05, 4.69) is 25.4 Å². The van der Waals surface area contributed by atoms with E-state index in [0.717, 1.165) is 29.9 Å². The Labute approximate surface area is 92.0 Å². The molecule has 0 saturated heterocycles. The summed E-state index contributed by atoms with van der Waals surface area (Å²) in [5, 5.41) is 0. The van der Waals surface area contributed by atoms with Gasteiger partial charge in [-0.25, -0.2) is 4.98 Å². The van der Waals surface area contributed by atoms with Crippen LogP contribution in [-0.4, -0.2) is 11.6 Å². The molecule has 0 N–H and O–H groups in total. The first kappa shape index (κ1) is 11.8. The Morgan fingerprint density at radius 2 is 2.27 bits per heavy atom. The maximum atomic E-state index is 5.62. The first-order chi connectivity index (χ1) is 7.15. The predicted octanol–water partition coefficient (Wildman–Crippen LogP) is 3.30. The molecular weight excluding hydrogens is 186 g/mol. The molecule has 0 atom stereocenters. The standard InChI is InChI=1S/C13H19NO/c1-5-12-6-8-14-13(11(12)4)15-9-7-10(2)3/h6,8H,2,5,7,9H2,1,3-4H3. The molecule has 0 aromatic carbocycles. The number of aryl methyl sites for hydroxylation is 1. The lowest BCUT2D eigenvalue weighted by molar-refractivity contribution is 0.306. The molecule has 0 radical (unpaired) electrons. The molecule has 1 heterocycles. The Balaban J connectivity index is 2.64. The van der Waals surface area contributed by atoms with Gasteiger partial charge in [0.1, 0.15) is 0 Å². The highest BCUT2D eigenvalue weighted by Gasteiger charge is 2.04. The lowest BCUT2D eigenvalue weighted by Crippen LogP contribution is -2.02. The molecule has 0 amide bonds. The zero-order valence-corrected chi connectivity index (χ0v) is 9.84. The van der Waals surface area contributed by atoms with E-state index in [-0.39, 0.29) is 0 Å². The van der Waals surface area contributed by atoms with Crippen LogP contribution in [0.3, 0.4) is 0 Å². The molecular formula is C13H19NO. The van der Waals surface area contributed by atoms with Crippen molar-refractivity contribution in [3.63, 3.8) is 0 Å². The van der Waals surface area contributed by atoms with Crippen LogP contribution < -0.4 is 4.74 Å². The van der Waals surface area contributed by atoms with Crippen molar-refractivity contribution < 1.29 is 4.74 Å². The van der Waals surface area contributed by atoms with E-state index in [1.54, 1.807) is 0 Å². The van der Waals surface area contributed by atoms with Gasteiger partial charge in [-0.05, 0) is 31.9 Å². The molecule has 82 valence electrons. The number of rotatable bonds is 5. The second kappa shape index (κ2) is 5.54. The summed E-state index contributed by atoms with van der Waals surface area (Å²) in [6.45, 7) is 10.7. The van der Waals surface area contributed by atoms with E-state index in [1.165, 1.54) is 5.56 Å². The molecule has 0 saturated carbocycles. The molecule has 1 aromatic heterocycles. The predicted molar refractivity (Wildman–Crippen MR) is 63.3 cm³/mol. The van der Waals surface area contributed by atoms with E-state index >= 15 is 0 Å². The van der Waals surface area contributed by atoms with Crippen molar-refractivity contribution in [2.24, 2.45) is 0 Å². The van der Waals surface area contributed by atoms with E-state index in [9.17, 15) is 0 Å². The smallest absolute Gasteiger partial charge is 0.216 e. The monoisotopic (exact) mass is 205 g/mol. The molecule has 1 rings (SSSR count). The minimum atomic E-state index is 0.663. The Kier molecular flexibility index (Phi) is 4.35. The van der Waals surface area contributed by atoms with Gasteiger partial charge in [-0.3, -0.25) is 0 Å². The molecule has 0 aliphatic rings. The summed E-state index contributed by atoms with van der Waals surface area (Å²) in [6.07, 6.45) is 3.71. The third-order valence-electron chi connectivity index (χ3n) is 2.42. The number of hydrogen-bond donors (Lipinski definition) is 0. The van der Waals surface area contributed by atoms with Crippen LogP contribution in [0.2, 0.25) is 0 Å². The molecule has 1 aromatic rings. The summed E-state index contributed by atoms with van der Waals surface area (Å²) in [6, 6.07) is 2.04. The Morgan fingerprint density at radius 3 is 2.87 bits per heavy atom. The highest BCUT2D eigenvalue weighted by Crippen LogP contribution is 2.18. The second-order valence-electron chi connectivity index (χ2n) is 3.81. The normalized spacial score (nSPS) is 10.1. The minimum absolute atomic E-state index is 0.663. The molecule has 2 heteroatoms. The van der Waals surface area contributed by atoms with Gasteiger partial charge in [-0.1, -0.05) is 12.5 Å². The summed E-state index contributed by atoms with van der Waals surface area (Å²) in [5.74, 6) is 0.760. The van der Waals surface area contributed by atoms with Crippen molar-refractivity contribution in [3.05, 3.63) is 35.5 Å². The van der Waals surface area contributed by atoms with E-state index in [4.69, 9.17) is 4.74 Å². The molecule has 15 heavy (non-hydrogen) atoms. The van der Waals surface area contributed by atoms with Crippen molar-refractivity contribution >= 4 is 0 Å². The van der Waals surface area contributed by atoms with Gasteiger partial charge in [0.05, 0.1) is 6.61 Å². The third kappa shape index (κ3) is 3.39. The van der Waals surface area contributed by atoms with E-state index < -0.39 is 0 Å². The zero-order chi connectivity index (χ0) is 11.3. The van der Waals surface area contributed by atoms with Gasteiger partial charge in [-0.2, -0.15) is 0 Å². The lowest BCUT2D eigenvalue weighted by atomic mass is 10.1. The van der Waals surface area contributed by atoms with Gasteiger partial charge < -0.3 is 4.74 Å². The van der Waals surface area contributed by atoms with Crippen LogP contribution in [0.1, 0.15) is 31.4 Å². The first-order valence-electron chi connectivity index (χ1n) is 5.36. The van der Waals surface area contributed by atoms with Crippen molar-refractivity contribution in [2.45, 2.75) is 33.6 Å². The topological polar surface area (TPSA) is 22.1 Å². The zero-order valence-electron chi connectivity index (χ0n) is 9.84. The average Bonchev–Trinajstić information content (AvgIpc) is 2.20. The van der Waals surface area contributed by atoms with Crippen LogP contribution >= 0.6 is 0 Å². The van der Waals surface area contributed by atoms with Gasteiger partial charge in [0, 0.05) is 18.2 Å². The van der Waals surface area contributed by atoms with Gasteiger partial charge >= 0.3 is 0 Å². The largest absolute Gasteiger partial charge is 0.477 e. The lowest BCUT2D eigenvalue weighted by Gasteiger charge is -2.10. The minimum Gasteiger partial charge on any atom is -0.477 e. The molecule has 0 bridgehead atoms. The SMILES string of the molecule is C=C(C)CCOc1nccc(CC)c1C. The van der Waals surface area contributed by atoms with Crippen LogP contribution in [0, 0.1) is 6.92 Å². The van der Waals surface area contributed by atoms with Crippen LogP contribution in [0.25, 0.3) is 0 Å². The Morgan fingerprint density at radius 1 is 1.53 bits per heavy atom.